The third-order valence-corrected chi connectivity index (χ3v) is 6.04. The van der Waals surface area contributed by atoms with Crippen LogP contribution in [0.2, 0.25) is 0 Å². The van der Waals surface area contributed by atoms with Gasteiger partial charge in [-0.15, -0.1) is 0 Å². The van der Waals surface area contributed by atoms with Crippen LogP contribution in [0.25, 0.3) is 11.4 Å². The van der Waals surface area contributed by atoms with Gasteiger partial charge in [-0.1, -0.05) is 30.3 Å². The Morgan fingerprint density at radius 2 is 1.69 bits per heavy atom. The zero-order valence-corrected chi connectivity index (χ0v) is 22.9. The first kappa shape index (κ1) is 31.4. The van der Waals surface area contributed by atoms with Gasteiger partial charge in [0.05, 0.1) is 25.9 Å². The molecule has 3 amide bonds. The average molecular weight is 585 g/mol. The zero-order valence-electron chi connectivity index (χ0n) is 22.9. The number of carbonyl (C=O) groups is 4. The Labute approximate surface area is 239 Å². The number of rotatable bonds is 13. The van der Waals surface area contributed by atoms with E-state index in [1.54, 1.807) is 66.8 Å². The number of Topliss-reactive ketones (excluding diaryl/α,β-unsaturated/α-hetero) is 1. The standard InChI is InChI=1S/C28H30F2N6O6/c1-3-32-22(37)15-34-27(41)28(29,30)24(39)21(13-17-7-5-4-6-8-17)35-23(38)16-36-25(33-14-20(31)26(36)40)18-9-11-19(42-2)12-10-18/h4-12,14,21H,3,13,15-16,31H2,1-2H3,(H,32,37)(H,34,41)(H,35,38). The van der Waals surface area contributed by atoms with Gasteiger partial charge in [0, 0.05) is 18.5 Å². The lowest BCUT2D eigenvalue weighted by molar-refractivity contribution is -0.160. The Hall–Kier alpha value is -5.14. The molecule has 0 fully saturated rings. The van der Waals surface area contributed by atoms with Gasteiger partial charge in [0.15, 0.2) is 0 Å². The van der Waals surface area contributed by atoms with Crippen molar-refractivity contribution in [3.63, 3.8) is 0 Å². The fraction of sp³-hybridized carbons (Fsp3) is 0.286. The zero-order chi connectivity index (χ0) is 30.9. The van der Waals surface area contributed by atoms with E-state index in [0.717, 1.165) is 10.8 Å². The minimum Gasteiger partial charge on any atom is -0.497 e. The summed E-state index contributed by atoms with van der Waals surface area (Å²) in [7, 11) is 1.47. The van der Waals surface area contributed by atoms with Gasteiger partial charge in [-0.3, -0.25) is 28.5 Å². The molecule has 0 saturated carbocycles. The highest BCUT2D eigenvalue weighted by Gasteiger charge is 2.50. The number of benzene rings is 2. The topological polar surface area (TPSA) is 175 Å². The molecule has 0 bridgehead atoms. The number of nitrogen functional groups attached to an aromatic ring is 1. The second-order valence-corrected chi connectivity index (χ2v) is 9.04. The number of hydrogen-bond acceptors (Lipinski definition) is 8. The van der Waals surface area contributed by atoms with E-state index >= 15 is 8.78 Å². The third kappa shape index (κ3) is 7.74. The Morgan fingerprint density at radius 3 is 2.31 bits per heavy atom. The summed E-state index contributed by atoms with van der Waals surface area (Å²) in [6, 6.07) is 12.5. The second-order valence-electron chi connectivity index (χ2n) is 9.04. The van der Waals surface area contributed by atoms with E-state index in [2.05, 4.69) is 15.6 Å². The first-order chi connectivity index (χ1) is 20.0. The number of hydrogen-bond donors (Lipinski definition) is 4. The number of nitrogens with one attached hydrogen (secondary N) is 3. The molecule has 3 rings (SSSR count). The lowest BCUT2D eigenvalue weighted by atomic mass is 9.98. The molecule has 42 heavy (non-hydrogen) atoms. The predicted molar refractivity (Wildman–Crippen MR) is 149 cm³/mol. The maximum absolute atomic E-state index is 15.0. The lowest BCUT2D eigenvalue weighted by Crippen LogP contribution is -2.56. The van der Waals surface area contributed by atoms with Gasteiger partial charge in [-0.2, -0.15) is 8.78 Å². The van der Waals surface area contributed by atoms with E-state index in [0.29, 0.717) is 16.9 Å². The Morgan fingerprint density at radius 1 is 1.02 bits per heavy atom. The number of ether oxygens (including phenoxy) is 1. The molecule has 3 aromatic rings. The molecule has 1 aromatic heterocycles. The first-order valence-electron chi connectivity index (χ1n) is 12.8. The predicted octanol–water partition coefficient (Wildman–Crippen LogP) is 0.685. The molecule has 12 nitrogen and oxygen atoms in total. The number of methoxy groups -OCH3 is 1. The summed E-state index contributed by atoms with van der Waals surface area (Å²) in [5.41, 5.74) is 5.52. The highest BCUT2D eigenvalue weighted by atomic mass is 19.3. The summed E-state index contributed by atoms with van der Waals surface area (Å²) in [5, 5.41) is 6.29. The molecule has 0 aliphatic heterocycles. The lowest BCUT2D eigenvalue weighted by Gasteiger charge is -2.23. The summed E-state index contributed by atoms with van der Waals surface area (Å²) in [6.07, 6.45) is 0.734. The van der Waals surface area contributed by atoms with Crippen molar-refractivity contribution in [1.82, 2.24) is 25.5 Å². The van der Waals surface area contributed by atoms with Crippen molar-refractivity contribution >= 4 is 29.2 Å². The molecule has 0 spiro atoms. The molecule has 14 heteroatoms. The van der Waals surface area contributed by atoms with Crippen molar-refractivity contribution in [2.45, 2.75) is 31.9 Å². The van der Waals surface area contributed by atoms with Crippen LogP contribution >= 0.6 is 0 Å². The van der Waals surface area contributed by atoms with Crippen LogP contribution < -0.4 is 32.0 Å². The molecule has 0 saturated heterocycles. The van der Waals surface area contributed by atoms with Crippen molar-refractivity contribution in [2.75, 3.05) is 25.9 Å². The molecule has 1 unspecified atom stereocenters. The van der Waals surface area contributed by atoms with Crippen LogP contribution in [-0.2, 0) is 32.1 Å². The molecular formula is C28H30F2N6O6. The highest BCUT2D eigenvalue weighted by Crippen LogP contribution is 2.21. The molecule has 1 atom stereocenters. The molecule has 0 radical (unpaired) electrons. The van der Waals surface area contributed by atoms with Gasteiger partial charge in [0.25, 0.3) is 11.5 Å². The van der Waals surface area contributed by atoms with E-state index in [4.69, 9.17) is 10.5 Å². The van der Waals surface area contributed by atoms with Crippen molar-refractivity contribution in [3.8, 4) is 17.1 Å². The number of amides is 3. The summed E-state index contributed by atoms with van der Waals surface area (Å²) < 4.78 is 36.1. The summed E-state index contributed by atoms with van der Waals surface area (Å²) in [5.74, 6) is -9.63. The molecule has 0 aliphatic rings. The molecule has 1 heterocycles. The van der Waals surface area contributed by atoms with Gasteiger partial charge in [0.1, 0.15) is 23.8 Å². The molecule has 2 aromatic carbocycles. The number of alkyl halides is 2. The summed E-state index contributed by atoms with van der Waals surface area (Å²) >= 11 is 0. The fourth-order valence-corrected chi connectivity index (χ4v) is 3.93. The van der Waals surface area contributed by atoms with Gasteiger partial charge in [-0.05, 0) is 36.8 Å². The molecule has 5 N–H and O–H groups in total. The van der Waals surface area contributed by atoms with Crippen molar-refractivity contribution in [1.29, 1.82) is 0 Å². The fourth-order valence-electron chi connectivity index (χ4n) is 3.93. The van der Waals surface area contributed by atoms with E-state index in [1.807, 2.05) is 0 Å². The molecule has 222 valence electrons. The SMILES string of the molecule is CCNC(=O)CNC(=O)C(F)(F)C(=O)C(Cc1ccccc1)NC(=O)Cn1c(-c2ccc(OC)cc2)ncc(N)c1=O. The van der Waals surface area contributed by atoms with Crippen LogP contribution in [0.15, 0.2) is 65.6 Å². The minimum absolute atomic E-state index is 0.0491. The van der Waals surface area contributed by atoms with Crippen LogP contribution in [0.3, 0.4) is 0 Å². The number of anilines is 1. The van der Waals surface area contributed by atoms with Crippen molar-refractivity contribution < 1.29 is 32.7 Å². The number of likely N-dealkylation sites (N-methyl/N-ethyl adjacent to an activating group) is 1. The van der Waals surface area contributed by atoms with Gasteiger partial charge >= 0.3 is 5.92 Å². The number of carbonyl (C=O) groups excluding carboxylic acids is 4. The average Bonchev–Trinajstić information content (AvgIpc) is 2.98. The number of nitrogens with two attached hydrogens (primary N) is 1. The van der Waals surface area contributed by atoms with E-state index < -0.39 is 54.1 Å². The Balaban J connectivity index is 1.88. The van der Waals surface area contributed by atoms with Crippen LogP contribution in [0, 0.1) is 0 Å². The van der Waals surface area contributed by atoms with Crippen LogP contribution in [0.1, 0.15) is 12.5 Å². The number of nitrogens with zero attached hydrogens (tertiary/aromatic N) is 2. The number of halogens is 2. The van der Waals surface area contributed by atoms with Gasteiger partial charge in [-0.25, -0.2) is 4.98 Å². The van der Waals surface area contributed by atoms with Crippen molar-refractivity contribution in [2.24, 2.45) is 0 Å². The minimum atomic E-state index is -4.59. The quantitative estimate of drug-likeness (QED) is 0.212. The van der Waals surface area contributed by atoms with Crippen LogP contribution in [0.4, 0.5) is 14.5 Å². The maximum atomic E-state index is 15.0. The van der Waals surface area contributed by atoms with Crippen LogP contribution in [-0.4, -0.2) is 65.2 Å². The Kier molecular flexibility index (Phi) is 10.4. The van der Waals surface area contributed by atoms with Gasteiger partial charge < -0.3 is 26.4 Å². The molecular weight excluding hydrogens is 554 g/mol. The smallest absolute Gasteiger partial charge is 0.383 e. The largest absolute Gasteiger partial charge is 0.497 e. The third-order valence-electron chi connectivity index (χ3n) is 6.04. The van der Waals surface area contributed by atoms with E-state index in [9.17, 15) is 24.0 Å². The summed E-state index contributed by atoms with van der Waals surface area (Å²) in [4.78, 5) is 67.0. The van der Waals surface area contributed by atoms with E-state index in [1.165, 1.54) is 7.11 Å². The summed E-state index contributed by atoms with van der Waals surface area (Å²) in [6.45, 7) is 0.306. The molecule has 0 aliphatic carbocycles. The monoisotopic (exact) mass is 584 g/mol. The first-order valence-corrected chi connectivity index (χ1v) is 12.8. The normalized spacial score (nSPS) is 11.7. The van der Waals surface area contributed by atoms with Gasteiger partial charge in [0.2, 0.25) is 17.6 Å². The number of ketones is 1. The second kappa shape index (κ2) is 14.0. The van der Waals surface area contributed by atoms with Crippen molar-refractivity contribution in [3.05, 3.63) is 76.7 Å². The highest BCUT2D eigenvalue weighted by molar-refractivity contribution is 6.11. The Bertz CT molecular complexity index is 1490. The maximum Gasteiger partial charge on any atom is 0.383 e. The van der Waals surface area contributed by atoms with Crippen LogP contribution in [0.5, 0.6) is 5.75 Å². The van der Waals surface area contributed by atoms with E-state index in [-0.39, 0.29) is 24.5 Å². The number of aromatic nitrogens is 2.